The summed E-state index contributed by atoms with van der Waals surface area (Å²) in [6, 6.07) is 0. The zero-order valence-corrected chi connectivity index (χ0v) is 6.56. The van der Waals surface area contributed by atoms with Gasteiger partial charge in [0.15, 0.2) is 0 Å². The predicted octanol–water partition coefficient (Wildman–Crippen LogP) is 0.0769. The van der Waals surface area contributed by atoms with E-state index in [1.54, 1.807) is 0 Å². The van der Waals surface area contributed by atoms with Crippen molar-refractivity contribution in [3.8, 4) is 0 Å². The second-order valence-corrected chi connectivity index (χ2v) is 2.54. The van der Waals surface area contributed by atoms with Crippen LogP contribution in [0.1, 0.15) is 25.7 Å². The van der Waals surface area contributed by atoms with Crippen LogP contribution in [0, 0.1) is 0 Å². The maximum atomic E-state index is 10.0. The van der Waals surface area contributed by atoms with E-state index >= 15 is 0 Å². The average molecular weight is 176 g/mol. The molecule has 0 fully saturated rings. The molecule has 0 saturated carbocycles. The molecule has 0 spiro atoms. The Morgan fingerprint density at radius 2 is 1.75 bits per heavy atom. The number of carboxylic acids is 2. The molecule has 0 aliphatic carbocycles. The zero-order chi connectivity index (χ0) is 9.56. The standard InChI is InChI=1S/C7H12O5/c8-5(4-7(11)12)2-1-3-6(9)10/h5,8H,1-4H2,(H,9,10)(H,11,12)/t5-/m0/s1. The molecule has 0 radical (unpaired) electrons. The highest BCUT2D eigenvalue weighted by atomic mass is 16.4. The highest BCUT2D eigenvalue weighted by molar-refractivity contribution is 5.67. The summed E-state index contributed by atoms with van der Waals surface area (Å²) in [7, 11) is 0. The van der Waals surface area contributed by atoms with Gasteiger partial charge in [0, 0.05) is 6.42 Å². The van der Waals surface area contributed by atoms with E-state index in [-0.39, 0.29) is 19.3 Å². The van der Waals surface area contributed by atoms with Gasteiger partial charge in [-0.25, -0.2) is 0 Å². The van der Waals surface area contributed by atoms with Crippen LogP contribution in [-0.2, 0) is 9.59 Å². The third-order valence-electron chi connectivity index (χ3n) is 1.34. The molecular formula is C7H12O5. The Bertz CT molecular complexity index is 165. The molecule has 0 unspecified atom stereocenters. The fourth-order valence-corrected chi connectivity index (χ4v) is 0.793. The maximum Gasteiger partial charge on any atom is 0.305 e. The number of hydrogen-bond acceptors (Lipinski definition) is 3. The van der Waals surface area contributed by atoms with Crippen molar-refractivity contribution in [2.24, 2.45) is 0 Å². The quantitative estimate of drug-likeness (QED) is 0.532. The van der Waals surface area contributed by atoms with Crippen molar-refractivity contribution in [1.82, 2.24) is 0 Å². The zero-order valence-electron chi connectivity index (χ0n) is 6.56. The van der Waals surface area contributed by atoms with Crippen molar-refractivity contribution in [2.75, 3.05) is 0 Å². The lowest BCUT2D eigenvalue weighted by atomic mass is 10.1. The molecule has 0 aromatic carbocycles. The summed E-state index contributed by atoms with van der Waals surface area (Å²) in [5, 5.41) is 25.4. The molecule has 0 rings (SSSR count). The Labute approximate surface area is 69.6 Å². The van der Waals surface area contributed by atoms with Crippen LogP contribution in [0.4, 0.5) is 0 Å². The van der Waals surface area contributed by atoms with Gasteiger partial charge in [0.25, 0.3) is 0 Å². The van der Waals surface area contributed by atoms with Crippen molar-refractivity contribution in [3.63, 3.8) is 0 Å². The summed E-state index contributed by atoms with van der Waals surface area (Å²) >= 11 is 0. The number of aliphatic hydroxyl groups excluding tert-OH is 1. The molecule has 0 aromatic rings. The van der Waals surface area contributed by atoms with Crippen LogP contribution in [0.5, 0.6) is 0 Å². The predicted molar refractivity (Wildman–Crippen MR) is 39.7 cm³/mol. The van der Waals surface area contributed by atoms with Crippen molar-refractivity contribution < 1.29 is 24.9 Å². The van der Waals surface area contributed by atoms with Crippen LogP contribution < -0.4 is 0 Å². The summed E-state index contributed by atoms with van der Waals surface area (Å²) in [6.45, 7) is 0. The number of aliphatic carboxylic acids is 2. The summed E-state index contributed by atoms with van der Waals surface area (Å²) in [5.41, 5.74) is 0. The second-order valence-electron chi connectivity index (χ2n) is 2.54. The van der Waals surface area contributed by atoms with Crippen LogP contribution in [0.25, 0.3) is 0 Å². The van der Waals surface area contributed by atoms with Gasteiger partial charge in [0.2, 0.25) is 0 Å². The molecule has 0 bridgehead atoms. The molecule has 5 heteroatoms. The SMILES string of the molecule is O=C(O)CCC[C@H](O)CC(=O)O. The van der Waals surface area contributed by atoms with Gasteiger partial charge in [0.1, 0.15) is 0 Å². The molecule has 3 N–H and O–H groups in total. The van der Waals surface area contributed by atoms with E-state index in [2.05, 4.69) is 0 Å². The smallest absolute Gasteiger partial charge is 0.305 e. The van der Waals surface area contributed by atoms with Gasteiger partial charge in [-0.15, -0.1) is 0 Å². The van der Waals surface area contributed by atoms with E-state index in [1.165, 1.54) is 0 Å². The number of carbonyl (C=O) groups is 2. The summed E-state index contributed by atoms with van der Waals surface area (Å²) in [4.78, 5) is 20.0. The minimum Gasteiger partial charge on any atom is -0.481 e. The number of aliphatic hydroxyl groups is 1. The van der Waals surface area contributed by atoms with Crippen molar-refractivity contribution in [1.29, 1.82) is 0 Å². The molecule has 0 saturated heterocycles. The fraction of sp³-hybridized carbons (Fsp3) is 0.714. The monoisotopic (exact) mass is 176 g/mol. The van der Waals surface area contributed by atoms with Gasteiger partial charge in [-0.1, -0.05) is 0 Å². The van der Waals surface area contributed by atoms with Crippen LogP contribution in [0.15, 0.2) is 0 Å². The number of carboxylic acid groups (broad SMARTS) is 2. The summed E-state index contributed by atoms with van der Waals surface area (Å²) < 4.78 is 0. The maximum absolute atomic E-state index is 10.0. The van der Waals surface area contributed by atoms with Crippen molar-refractivity contribution in [3.05, 3.63) is 0 Å². The van der Waals surface area contributed by atoms with Crippen molar-refractivity contribution in [2.45, 2.75) is 31.8 Å². The van der Waals surface area contributed by atoms with Gasteiger partial charge < -0.3 is 15.3 Å². The summed E-state index contributed by atoms with van der Waals surface area (Å²) in [5.74, 6) is -2.00. The molecule has 70 valence electrons. The van der Waals surface area contributed by atoms with E-state index in [0.717, 1.165) is 0 Å². The molecule has 12 heavy (non-hydrogen) atoms. The molecule has 0 aliphatic heterocycles. The van der Waals surface area contributed by atoms with Gasteiger partial charge in [-0.3, -0.25) is 9.59 Å². The van der Waals surface area contributed by atoms with Crippen LogP contribution in [-0.4, -0.2) is 33.4 Å². The average Bonchev–Trinajstić information content (AvgIpc) is 1.84. The van der Waals surface area contributed by atoms with E-state index in [0.29, 0.717) is 6.42 Å². The minimum atomic E-state index is -1.07. The Morgan fingerprint density at radius 3 is 2.17 bits per heavy atom. The Kier molecular flexibility index (Phi) is 5.03. The first kappa shape index (κ1) is 10.9. The lowest BCUT2D eigenvalue weighted by Crippen LogP contribution is -2.13. The lowest BCUT2D eigenvalue weighted by molar-refractivity contribution is -0.139. The summed E-state index contributed by atoms with van der Waals surface area (Å²) in [6.07, 6.45) is -0.750. The minimum absolute atomic E-state index is 0.0311. The highest BCUT2D eigenvalue weighted by Gasteiger charge is 2.09. The number of rotatable bonds is 6. The first-order valence-corrected chi connectivity index (χ1v) is 3.64. The van der Waals surface area contributed by atoms with Crippen LogP contribution in [0.3, 0.4) is 0 Å². The second kappa shape index (κ2) is 5.54. The third-order valence-corrected chi connectivity index (χ3v) is 1.34. The molecule has 1 atom stereocenters. The van der Waals surface area contributed by atoms with Crippen molar-refractivity contribution >= 4 is 11.9 Å². The third kappa shape index (κ3) is 7.01. The highest BCUT2D eigenvalue weighted by Crippen LogP contribution is 2.04. The van der Waals surface area contributed by atoms with Gasteiger partial charge in [-0.2, -0.15) is 0 Å². The molecule has 0 aliphatic rings. The Hall–Kier alpha value is -1.10. The Balaban J connectivity index is 3.37. The molecular weight excluding hydrogens is 164 g/mol. The topological polar surface area (TPSA) is 94.8 Å². The molecule has 0 amide bonds. The van der Waals surface area contributed by atoms with E-state index in [4.69, 9.17) is 15.3 Å². The van der Waals surface area contributed by atoms with Gasteiger partial charge in [0.05, 0.1) is 12.5 Å². The number of hydrogen-bond donors (Lipinski definition) is 3. The van der Waals surface area contributed by atoms with Gasteiger partial charge >= 0.3 is 11.9 Å². The molecule has 5 nitrogen and oxygen atoms in total. The fourth-order valence-electron chi connectivity index (χ4n) is 0.793. The lowest BCUT2D eigenvalue weighted by Gasteiger charge is -2.05. The molecule has 0 aromatic heterocycles. The largest absolute Gasteiger partial charge is 0.481 e. The first-order valence-electron chi connectivity index (χ1n) is 3.64. The Morgan fingerprint density at radius 1 is 1.17 bits per heavy atom. The first-order chi connectivity index (χ1) is 5.52. The van der Waals surface area contributed by atoms with E-state index in [1.807, 2.05) is 0 Å². The molecule has 0 heterocycles. The van der Waals surface area contributed by atoms with Crippen LogP contribution >= 0.6 is 0 Å². The normalized spacial score (nSPS) is 12.4. The van der Waals surface area contributed by atoms with Gasteiger partial charge in [-0.05, 0) is 12.8 Å². The van der Waals surface area contributed by atoms with E-state index < -0.39 is 18.0 Å². The van der Waals surface area contributed by atoms with Crippen LogP contribution in [0.2, 0.25) is 0 Å². The van der Waals surface area contributed by atoms with E-state index in [9.17, 15) is 9.59 Å².